The average Bonchev–Trinajstić information content (AvgIpc) is 2.19. The lowest BCUT2D eigenvalue weighted by molar-refractivity contribution is -0.132. The molecule has 86 valence electrons. The van der Waals surface area contributed by atoms with Gasteiger partial charge in [0.25, 0.3) is 0 Å². The Balaban J connectivity index is 2.84. The second-order valence-electron chi connectivity index (χ2n) is 3.35. The van der Waals surface area contributed by atoms with E-state index in [0.717, 1.165) is 5.56 Å². The summed E-state index contributed by atoms with van der Waals surface area (Å²) in [5.74, 6) is -1.34. The fourth-order valence-corrected chi connectivity index (χ4v) is 1.30. The van der Waals surface area contributed by atoms with Gasteiger partial charge in [-0.05, 0) is 24.1 Å². The summed E-state index contributed by atoms with van der Waals surface area (Å²) in [6, 6.07) is 4.96. The maximum absolute atomic E-state index is 10.9. The van der Waals surface area contributed by atoms with Crippen molar-refractivity contribution in [3.63, 3.8) is 0 Å². The number of benzene rings is 1. The molecular weight excluding hydrogens is 210 g/mol. The molecule has 0 aliphatic heterocycles. The third-order valence-corrected chi connectivity index (χ3v) is 2.07. The highest BCUT2D eigenvalue weighted by atomic mass is 16.6. The molecule has 1 aromatic carbocycles. The maximum atomic E-state index is 10.9. The van der Waals surface area contributed by atoms with E-state index in [0.29, 0.717) is 5.56 Å². The highest BCUT2D eigenvalue weighted by molar-refractivity contribution is 5.89. The molecule has 0 unspecified atom stereocenters. The number of nitrogens with one attached hydrogen (secondary N) is 1. The molecule has 0 saturated heterocycles. The molecule has 0 radical (unpaired) electrons. The Labute approximate surface area is 93.0 Å². The molecule has 0 atom stereocenters. The first kappa shape index (κ1) is 12.2. The van der Waals surface area contributed by atoms with Gasteiger partial charge >= 0.3 is 5.97 Å². The van der Waals surface area contributed by atoms with Crippen molar-refractivity contribution in [3.8, 4) is 0 Å². The van der Waals surface area contributed by atoms with Crippen LogP contribution in [0.3, 0.4) is 0 Å². The van der Waals surface area contributed by atoms with Crippen molar-refractivity contribution in [3.05, 3.63) is 34.9 Å². The van der Waals surface area contributed by atoms with Crippen molar-refractivity contribution < 1.29 is 19.5 Å². The summed E-state index contributed by atoms with van der Waals surface area (Å²) >= 11 is 0. The Hall–Kier alpha value is -1.88. The summed E-state index contributed by atoms with van der Waals surface area (Å²) in [5.41, 5.74) is 3.71. The average molecular weight is 223 g/mol. The van der Waals surface area contributed by atoms with Crippen LogP contribution in [0.2, 0.25) is 0 Å². The van der Waals surface area contributed by atoms with Gasteiger partial charge in [0, 0.05) is 6.92 Å². The zero-order valence-corrected chi connectivity index (χ0v) is 9.11. The van der Waals surface area contributed by atoms with Gasteiger partial charge < -0.3 is 5.11 Å². The molecular formula is C11H13NO4. The van der Waals surface area contributed by atoms with Crippen LogP contribution in [0.4, 0.5) is 0 Å². The number of carbonyl (C=O) groups excluding carboxylic acids is 1. The minimum absolute atomic E-state index is 0.0356. The number of hydrogen-bond acceptors (Lipinski definition) is 3. The number of carboxylic acids is 1. The standard InChI is InChI=1S/C11H13NO4/c1-7-4-3-5-9(11(14)15)10(7)6-16-12-8(2)13/h3-5H,6H2,1-2H3,(H,12,13)(H,14,15). The van der Waals surface area contributed by atoms with Gasteiger partial charge in [0.1, 0.15) is 6.61 Å². The Morgan fingerprint density at radius 2 is 2.12 bits per heavy atom. The van der Waals surface area contributed by atoms with E-state index < -0.39 is 5.97 Å². The van der Waals surface area contributed by atoms with Gasteiger partial charge in [-0.25, -0.2) is 10.3 Å². The predicted molar refractivity (Wildman–Crippen MR) is 56.7 cm³/mol. The molecule has 5 heteroatoms. The Morgan fingerprint density at radius 3 is 2.69 bits per heavy atom. The molecule has 5 nitrogen and oxygen atoms in total. The summed E-state index contributed by atoms with van der Waals surface area (Å²) in [6.45, 7) is 3.14. The highest BCUT2D eigenvalue weighted by Crippen LogP contribution is 2.15. The van der Waals surface area contributed by atoms with Crippen molar-refractivity contribution in [2.75, 3.05) is 0 Å². The second-order valence-corrected chi connectivity index (χ2v) is 3.35. The van der Waals surface area contributed by atoms with Crippen molar-refractivity contribution in [2.24, 2.45) is 0 Å². The van der Waals surface area contributed by atoms with Crippen molar-refractivity contribution in [2.45, 2.75) is 20.5 Å². The minimum atomic E-state index is -1.01. The molecule has 0 heterocycles. The first-order chi connectivity index (χ1) is 7.52. The van der Waals surface area contributed by atoms with Gasteiger partial charge in [0.15, 0.2) is 0 Å². The lowest BCUT2D eigenvalue weighted by Crippen LogP contribution is -2.21. The van der Waals surface area contributed by atoms with Crippen molar-refractivity contribution in [1.82, 2.24) is 5.48 Å². The molecule has 0 aliphatic rings. The number of hydroxylamine groups is 1. The first-order valence-corrected chi connectivity index (χ1v) is 4.72. The van der Waals surface area contributed by atoms with E-state index in [4.69, 9.17) is 9.94 Å². The monoisotopic (exact) mass is 223 g/mol. The van der Waals surface area contributed by atoms with Gasteiger partial charge in [0.2, 0.25) is 5.91 Å². The third kappa shape index (κ3) is 3.06. The number of amides is 1. The summed E-state index contributed by atoms with van der Waals surface area (Å²) in [7, 11) is 0. The molecule has 1 aromatic rings. The first-order valence-electron chi connectivity index (χ1n) is 4.72. The van der Waals surface area contributed by atoms with Crippen LogP contribution in [-0.4, -0.2) is 17.0 Å². The Morgan fingerprint density at radius 1 is 1.44 bits per heavy atom. The summed E-state index contributed by atoms with van der Waals surface area (Å²) in [5, 5.41) is 8.96. The third-order valence-electron chi connectivity index (χ3n) is 2.07. The minimum Gasteiger partial charge on any atom is -0.478 e. The van der Waals surface area contributed by atoms with E-state index in [-0.39, 0.29) is 18.1 Å². The van der Waals surface area contributed by atoms with Crippen LogP contribution in [-0.2, 0) is 16.2 Å². The molecule has 0 bridgehead atoms. The van der Waals surface area contributed by atoms with Gasteiger partial charge in [-0.1, -0.05) is 12.1 Å². The molecule has 0 aromatic heterocycles. The van der Waals surface area contributed by atoms with Crippen LogP contribution in [0, 0.1) is 6.92 Å². The van der Waals surface area contributed by atoms with Gasteiger partial charge in [-0.3, -0.25) is 9.63 Å². The van der Waals surface area contributed by atoms with Gasteiger partial charge in [-0.2, -0.15) is 0 Å². The number of aryl methyl sites for hydroxylation is 1. The second kappa shape index (κ2) is 5.27. The van der Waals surface area contributed by atoms with E-state index in [9.17, 15) is 9.59 Å². The van der Waals surface area contributed by atoms with Crippen LogP contribution < -0.4 is 5.48 Å². The summed E-state index contributed by atoms with van der Waals surface area (Å²) in [4.78, 5) is 26.4. The SMILES string of the molecule is CC(=O)NOCc1c(C)cccc1C(=O)O. The zero-order valence-electron chi connectivity index (χ0n) is 9.11. The van der Waals surface area contributed by atoms with Gasteiger partial charge in [0.05, 0.1) is 5.56 Å². The highest BCUT2D eigenvalue weighted by Gasteiger charge is 2.11. The number of carboxylic acid groups (broad SMARTS) is 1. The Kier molecular flexibility index (Phi) is 4.02. The number of hydrogen-bond donors (Lipinski definition) is 2. The fourth-order valence-electron chi connectivity index (χ4n) is 1.30. The lowest BCUT2D eigenvalue weighted by Gasteiger charge is -2.09. The van der Waals surface area contributed by atoms with Crippen LogP contribution in [0.5, 0.6) is 0 Å². The fraction of sp³-hybridized carbons (Fsp3) is 0.273. The molecule has 2 N–H and O–H groups in total. The molecule has 0 spiro atoms. The summed E-state index contributed by atoms with van der Waals surface area (Å²) in [6.07, 6.45) is 0. The maximum Gasteiger partial charge on any atom is 0.336 e. The van der Waals surface area contributed by atoms with Crippen molar-refractivity contribution >= 4 is 11.9 Å². The van der Waals surface area contributed by atoms with Crippen molar-refractivity contribution in [1.29, 1.82) is 0 Å². The predicted octanol–water partition coefficient (Wildman–Crippen LogP) is 1.26. The summed E-state index contributed by atoms with van der Waals surface area (Å²) < 4.78 is 0. The van der Waals surface area contributed by atoms with E-state index >= 15 is 0 Å². The largest absolute Gasteiger partial charge is 0.478 e. The van der Waals surface area contributed by atoms with Crippen LogP contribution in [0.25, 0.3) is 0 Å². The smallest absolute Gasteiger partial charge is 0.336 e. The topological polar surface area (TPSA) is 75.6 Å². The quantitative estimate of drug-likeness (QED) is 0.753. The number of rotatable bonds is 4. The lowest BCUT2D eigenvalue weighted by atomic mass is 10.0. The van der Waals surface area contributed by atoms with Crippen LogP contribution in [0.1, 0.15) is 28.4 Å². The van der Waals surface area contributed by atoms with E-state index in [1.807, 2.05) is 0 Å². The van der Waals surface area contributed by atoms with Crippen LogP contribution >= 0.6 is 0 Å². The number of carbonyl (C=O) groups is 2. The molecule has 1 amide bonds. The Bertz CT molecular complexity index is 414. The van der Waals surface area contributed by atoms with E-state index in [1.54, 1.807) is 19.1 Å². The van der Waals surface area contributed by atoms with E-state index in [2.05, 4.69) is 5.48 Å². The van der Waals surface area contributed by atoms with E-state index in [1.165, 1.54) is 13.0 Å². The molecule has 0 fully saturated rings. The molecule has 0 saturated carbocycles. The van der Waals surface area contributed by atoms with Crippen LogP contribution in [0.15, 0.2) is 18.2 Å². The number of aromatic carboxylic acids is 1. The molecule has 1 rings (SSSR count). The normalized spacial score (nSPS) is 9.88. The zero-order chi connectivity index (χ0) is 12.1. The molecule has 16 heavy (non-hydrogen) atoms. The molecule has 0 aliphatic carbocycles. The van der Waals surface area contributed by atoms with Gasteiger partial charge in [-0.15, -0.1) is 0 Å².